The van der Waals surface area contributed by atoms with Crippen molar-refractivity contribution in [3.05, 3.63) is 35.6 Å². The van der Waals surface area contributed by atoms with Crippen LogP contribution in [0.5, 0.6) is 0 Å². The summed E-state index contributed by atoms with van der Waals surface area (Å²) in [7, 11) is 0. The Labute approximate surface area is 113 Å². The standard InChI is InChI=1S/C14H21FN2S/c1-10-9-17(6-7-18-10)14(11(2)16)12-4-3-5-13(15)8-12/h3-5,8,10-11,14H,6-7,9,16H2,1-2H3. The van der Waals surface area contributed by atoms with Gasteiger partial charge in [-0.3, -0.25) is 4.90 Å². The molecular formula is C14H21FN2S. The Hall–Kier alpha value is -0.580. The molecule has 0 aliphatic carbocycles. The van der Waals surface area contributed by atoms with E-state index in [4.69, 9.17) is 5.73 Å². The van der Waals surface area contributed by atoms with E-state index in [1.807, 2.05) is 24.8 Å². The molecule has 1 heterocycles. The monoisotopic (exact) mass is 268 g/mol. The number of halogens is 1. The molecule has 0 aromatic heterocycles. The summed E-state index contributed by atoms with van der Waals surface area (Å²) in [5, 5.41) is 0.619. The fourth-order valence-electron chi connectivity index (χ4n) is 2.64. The van der Waals surface area contributed by atoms with Crippen molar-refractivity contribution in [2.75, 3.05) is 18.8 Å². The van der Waals surface area contributed by atoms with Gasteiger partial charge in [-0.15, -0.1) is 0 Å². The van der Waals surface area contributed by atoms with Crippen LogP contribution in [-0.2, 0) is 0 Å². The van der Waals surface area contributed by atoms with Crippen LogP contribution in [0.4, 0.5) is 4.39 Å². The quantitative estimate of drug-likeness (QED) is 0.914. The first-order chi connectivity index (χ1) is 8.58. The lowest BCUT2D eigenvalue weighted by atomic mass is 9.98. The van der Waals surface area contributed by atoms with Crippen LogP contribution in [0, 0.1) is 5.82 Å². The highest BCUT2D eigenvalue weighted by Crippen LogP contribution is 2.29. The molecule has 3 atom stereocenters. The van der Waals surface area contributed by atoms with Crippen LogP contribution in [0.3, 0.4) is 0 Å². The highest BCUT2D eigenvalue weighted by molar-refractivity contribution is 7.99. The molecule has 3 unspecified atom stereocenters. The molecule has 0 saturated carbocycles. The van der Waals surface area contributed by atoms with Gasteiger partial charge < -0.3 is 5.73 Å². The normalized spacial score (nSPS) is 24.8. The molecule has 0 spiro atoms. The van der Waals surface area contributed by atoms with Gasteiger partial charge in [-0.25, -0.2) is 4.39 Å². The van der Waals surface area contributed by atoms with Gasteiger partial charge in [0.1, 0.15) is 5.82 Å². The minimum atomic E-state index is -0.183. The first-order valence-electron chi connectivity index (χ1n) is 6.44. The Balaban J connectivity index is 2.22. The molecule has 1 aromatic rings. The third-order valence-electron chi connectivity index (χ3n) is 3.35. The van der Waals surface area contributed by atoms with Crippen LogP contribution in [0.25, 0.3) is 0 Å². The Morgan fingerprint density at radius 3 is 2.89 bits per heavy atom. The second kappa shape index (κ2) is 6.04. The fraction of sp³-hybridized carbons (Fsp3) is 0.571. The van der Waals surface area contributed by atoms with Crippen molar-refractivity contribution in [3.63, 3.8) is 0 Å². The summed E-state index contributed by atoms with van der Waals surface area (Å²) in [6, 6.07) is 6.95. The summed E-state index contributed by atoms with van der Waals surface area (Å²) in [5.74, 6) is 0.942. The molecule has 2 nitrogen and oxygen atoms in total. The van der Waals surface area contributed by atoms with E-state index in [1.165, 1.54) is 6.07 Å². The van der Waals surface area contributed by atoms with E-state index >= 15 is 0 Å². The van der Waals surface area contributed by atoms with Gasteiger partial charge in [-0.1, -0.05) is 19.1 Å². The van der Waals surface area contributed by atoms with E-state index in [1.54, 1.807) is 12.1 Å². The summed E-state index contributed by atoms with van der Waals surface area (Å²) in [4.78, 5) is 2.39. The first-order valence-corrected chi connectivity index (χ1v) is 7.49. The van der Waals surface area contributed by atoms with Gasteiger partial charge in [0.05, 0.1) is 0 Å². The summed E-state index contributed by atoms with van der Waals surface area (Å²) >= 11 is 1.99. The molecule has 2 rings (SSSR count). The van der Waals surface area contributed by atoms with Crippen molar-refractivity contribution in [2.45, 2.75) is 31.2 Å². The van der Waals surface area contributed by atoms with Crippen LogP contribution >= 0.6 is 11.8 Å². The lowest BCUT2D eigenvalue weighted by molar-refractivity contribution is 0.184. The van der Waals surface area contributed by atoms with Gasteiger partial charge in [0.25, 0.3) is 0 Å². The lowest BCUT2D eigenvalue weighted by Crippen LogP contribution is -2.45. The van der Waals surface area contributed by atoms with Crippen molar-refractivity contribution >= 4 is 11.8 Å². The van der Waals surface area contributed by atoms with Crippen molar-refractivity contribution in [3.8, 4) is 0 Å². The number of rotatable bonds is 3. The van der Waals surface area contributed by atoms with Crippen LogP contribution < -0.4 is 5.73 Å². The van der Waals surface area contributed by atoms with E-state index in [2.05, 4.69) is 11.8 Å². The number of nitrogens with zero attached hydrogens (tertiary/aromatic N) is 1. The third-order valence-corrected chi connectivity index (χ3v) is 4.49. The predicted molar refractivity (Wildman–Crippen MR) is 76.3 cm³/mol. The minimum absolute atomic E-state index is 0.00194. The Bertz CT molecular complexity index is 397. The first kappa shape index (κ1) is 13.8. The zero-order valence-electron chi connectivity index (χ0n) is 11.0. The highest BCUT2D eigenvalue weighted by Gasteiger charge is 2.28. The van der Waals surface area contributed by atoms with Crippen LogP contribution in [0.2, 0.25) is 0 Å². The number of nitrogens with two attached hydrogens (primary N) is 1. The van der Waals surface area contributed by atoms with Gasteiger partial charge in [0, 0.05) is 36.2 Å². The maximum absolute atomic E-state index is 13.4. The average molecular weight is 268 g/mol. The molecule has 1 fully saturated rings. The van der Waals surface area contributed by atoms with Crippen molar-refractivity contribution in [1.29, 1.82) is 0 Å². The van der Waals surface area contributed by atoms with Crippen molar-refractivity contribution in [1.82, 2.24) is 4.90 Å². The Morgan fingerprint density at radius 1 is 1.50 bits per heavy atom. The highest BCUT2D eigenvalue weighted by atomic mass is 32.2. The zero-order chi connectivity index (χ0) is 13.1. The minimum Gasteiger partial charge on any atom is -0.326 e. The van der Waals surface area contributed by atoms with E-state index in [0.717, 1.165) is 24.4 Å². The zero-order valence-corrected chi connectivity index (χ0v) is 11.8. The molecule has 0 radical (unpaired) electrons. The smallest absolute Gasteiger partial charge is 0.123 e. The molecule has 1 aliphatic rings. The molecule has 0 bridgehead atoms. The van der Waals surface area contributed by atoms with E-state index in [9.17, 15) is 4.39 Å². The fourth-order valence-corrected chi connectivity index (χ4v) is 3.67. The van der Waals surface area contributed by atoms with Crippen molar-refractivity contribution < 1.29 is 4.39 Å². The summed E-state index contributed by atoms with van der Waals surface area (Å²) < 4.78 is 13.4. The average Bonchev–Trinajstić information content (AvgIpc) is 2.28. The maximum atomic E-state index is 13.4. The topological polar surface area (TPSA) is 29.3 Å². The number of hydrogen-bond donors (Lipinski definition) is 1. The number of benzene rings is 1. The maximum Gasteiger partial charge on any atom is 0.123 e. The predicted octanol–water partition coefficient (Wildman–Crippen LogP) is 2.65. The molecule has 4 heteroatoms. The molecular weight excluding hydrogens is 247 g/mol. The van der Waals surface area contributed by atoms with Gasteiger partial charge in [-0.05, 0) is 24.6 Å². The largest absolute Gasteiger partial charge is 0.326 e. The Kier molecular flexibility index (Phi) is 4.65. The second-order valence-corrected chi connectivity index (χ2v) is 6.58. The molecule has 0 amide bonds. The van der Waals surface area contributed by atoms with E-state index in [0.29, 0.717) is 5.25 Å². The molecule has 1 aliphatic heterocycles. The van der Waals surface area contributed by atoms with Gasteiger partial charge in [0.2, 0.25) is 0 Å². The summed E-state index contributed by atoms with van der Waals surface area (Å²) in [6.45, 7) is 6.29. The summed E-state index contributed by atoms with van der Waals surface area (Å²) in [5.41, 5.74) is 7.11. The summed E-state index contributed by atoms with van der Waals surface area (Å²) in [6.07, 6.45) is 0. The molecule has 1 saturated heterocycles. The number of hydrogen-bond acceptors (Lipinski definition) is 3. The molecule has 1 aromatic carbocycles. The van der Waals surface area contributed by atoms with Gasteiger partial charge >= 0.3 is 0 Å². The third kappa shape index (κ3) is 3.25. The van der Waals surface area contributed by atoms with Gasteiger partial charge in [0.15, 0.2) is 0 Å². The van der Waals surface area contributed by atoms with Crippen LogP contribution in [0.15, 0.2) is 24.3 Å². The Morgan fingerprint density at radius 2 is 2.28 bits per heavy atom. The molecule has 2 N–H and O–H groups in total. The van der Waals surface area contributed by atoms with Crippen LogP contribution in [0.1, 0.15) is 25.5 Å². The molecule has 100 valence electrons. The van der Waals surface area contributed by atoms with Gasteiger partial charge in [-0.2, -0.15) is 11.8 Å². The van der Waals surface area contributed by atoms with Crippen molar-refractivity contribution in [2.24, 2.45) is 5.73 Å². The van der Waals surface area contributed by atoms with E-state index < -0.39 is 0 Å². The van der Waals surface area contributed by atoms with Crippen LogP contribution in [-0.4, -0.2) is 35.0 Å². The lowest BCUT2D eigenvalue weighted by Gasteiger charge is -2.39. The SMILES string of the molecule is CC1CN(C(c2cccc(F)c2)C(C)N)CCS1. The van der Waals surface area contributed by atoms with E-state index in [-0.39, 0.29) is 17.9 Å². The number of thioether (sulfide) groups is 1. The molecule has 18 heavy (non-hydrogen) atoms. The second-order valence-electron chi connectivity index (χ2n) is 5.04.